The third-order valence-electron chi connectivity index (χ3n) is 1.61. The molecule has 1 unspecified atom stereocenters. The molecule has 0 bridgehead atoms. The van der Waals surface area contributed by atoms with Crippen molar-refractivity contribution in [2.75, 3.05) is 26.9 Å². The molecule has 0 amide bonds. The average Bonchev–Trinajstić information content (AvgIpc) is 2.12. The zero-order valence-corrected chi connectivity index (χ0v) is 8.41. The molecule has 3 heteroatoms. The molecule has 0 saturated carbocycles. The fourth-order valence-electron chi connectivity index (χ4n) is 0.912. The van der Waals surface area contributed by atoms with Gasteiger partial charge in [-0.15, -0.1) is 0 Å². The molecule has 0 aliphatic rings. The second-order valence-corrected chi connectivity index (χ2v) is 3.05. The van der Waals surface area contributed by atoms with Crippen molar-refractivity contribution in [3.8, 4) is 0 Å². The Morgan fingerprint density at radius 1 is 1.54 bits per heavy atom. The van der Waals surface area contributed by atoms with E-state index < -0.39 is 0 Å². The molecule has 76 valence electrons. The number of carbonyl (C=O) groups excluding carboxylic acids is 1. The van der Waals surface area contributed by atoms with Crippen molar-refractivity contribution in [1.29, 1.82) is 0 Å². The maximum Gasteiger partial charge on any atom is 0.155 e. The lowest BCUT2D eigenvalue weighted by Gasteiger charge is -2.09. The van der Waals surface area contributed by atoms with Gasteiger partial charge in [-0.05, 0) is 12.0 Å². The zero-order valence-electron chi connectivity index (χ0n) is 8.41. The van der Waals surface area contributed by atoms with Crippen LogP contribution in [0.1, 0.15) is 13.3 Å². The van der Waals surface area contributed by atoms with Crippen LogP contribution in [0.2, 0.25) is 0 Å². The van der Waals surface area contributed by atoms with Crippen LogP contribution in [0.4, 0.5) is 0 Å². The summed E-state index contributed by atoms with van der Waals surface area (Å²) in [5.41, 5.74) is 0. The van der Waals surface area contributed by atoms with E-state index in [0.717, 1.165) is 0 Å². The first-order valence-electron chi connectivity index (χ1n) is 4.42. The van der Waals surface area contributed by atoms with Gasteiger partial charge < -0.3 is 9.47 Å². The molecule has 0 radical (unpaired) electrons. The van der Waals surface area contributed by atoms with Gasteiger partial charge in [0.2, 0.25) is 0 Å². The van der Waals surface area contributed by atoms with Gasteiger partial charge in [0.05, 0.1) is 13.2 Å². The van der Waals surface area contributed by atoms with Crippen LogP contribution in [0.3, 0.4) is 0 Å². The summed E-state index contributed by atoms with van der Waals surface area (Å²) < 4.78 is 10.1. The monoisotopic (exact) mass is 186 g/mol. The van der Waals surface area contributed by atoms with Crippen LogP contribution < -0.4 is 0 Å². The van der Waals surface area contributed by atoms with Crippen molar-refractivity contribution in [2.24, 2.45) is 5.92 Å². The molecule has 0 aromatic rings. The van der Waals surface area contributed by atoms with Crippen molar-refractivity contribution >= 4 is 5.78 Å². The Labute approximate surface area is 79.7 Å². The third-order valence-corrected chi connectivity index (χ3v) is 1.61. The van der Waals surface area contributed by atoms with E-state index in [9.17, 15) is 4.79 Å². The predicted octanol–water partition coefficient (Wildman–Crippen LogP) is 1.43. The van der Waals surface area contributed by atoms with Gasteiger partial charge in [-0.25, -0.2) is 0 Å². The highest BCUT2D eigenvalue weighted by atomic mass is 16.5. The Morgan fingerprint density at radius 3 is 2.77 bits per heavy atom. The standard InChI is InChI=1S/C10H18O3/c1-4-10(11)7-9(2)8-13-6-5-12-3/h4,9H,1,5-8H2,2-3H3. The number of ether oxygens (including phenoxy) is 2. The summed E-state index contributed by atoms with van der Waals surface area (Å²) in [7, 11) is 1.63. The minimum absolute atomic E-state index is 0.0721. The van der Waals surface area contributed by atoms with Crippen LogP contribution >= 0.6 is 0 Å². The minimum atomic E-state index is 0.0721. The van der Waals surface area contributed by atoms with E-state index in [-0.39, 0.29) is 11.7 Å². The second kappa shape index (κ2) is 7.95. The van der Waals surface area contributed by atoms with Crippen molar-refractivity contribution in [1.82, 2.24) is 0 Å². The van der Waals surface area contributed by atoms with E-state index in [4.69, 9.17) is 9.47 Å². The quantitative estimate of drug-likeness (QED) is 0.425. The Balaban J connectivity index is 3.34. The van der Waals surface area contributed by atoms with E-state index in [0.29, 0.717) is 26.2 Å². The van der Waals surface area contributed by atoms with Gasteiger partial charge in [0.25, 0.3) is 0 Å². The molecule has 0 aromatic carbocycles. The predicted molar refractivity (Wildman–Crippen MR) is 51.7 cm³/mol. The lowest BCUT2D eigenvalue weighted by molar-refractivity contribution is -0.115. The Hall–Kier alpha value is -0.670. The van der Waals surface area contributed by atoms with E-state index in [1.165, 1.54) is 6.08 Å². The van der Waals surface area contributed by atoms with Gasteiger partial charge in [-0.3, -0.25) is 4.79 Å². The first kappa shape index (κ1) is 12.3. The molecule has 0 aliphatic carbocycles. The van der Waals surface area contributed by atoms with E-state index in [1.807, 2.05) is 6.92 Å². The normalized spacial score (nSPS) is 12.5. The summed E-state index contributed by atoms with van der Waals surface area (Å²) >= 11 is 0. The van der Waals surface area contributed by atoms with Gasteiger partial charge in [0.15, 0.2) is 5.78 Å². The maximum absolute atomic E-state index is 10.9. The van der Waals surface area contributed by atoms with Crippen LogP contribution in [0.5, 0.6) is 0 Å². The van der Waals surface area contributed by atoms with E-state index >= 15 is 0 Å². The molecule has 0 N–H and O–H groups in total. The molecule has 13 heavy (non-hydrogen) atoms. The van der Waals surface area contributed by atoms with E-state index in [1.54, 1.807) is 7.11 Å². The highest BCUT2D eigenvalue weighted by Gasteiger charge is 2.05. The number of rotatable bonds is 8. The number of allylic oxidation sites excluding steroid dienone is 1. The van der Waals surface area contributed by atoms with Gasteiger partial charge in [0.1, 0.15) is 0 Å². The molecular formula is C10H18O3. The Bertz CT molecular complexity index is 154. The van der Waals surface area contributed by atoms with Crippen LogP contribution in [0.15, 0.2) is 12.7 Å². The molecule has 0 aliphatic heterocycles. The summed E-state index contributed by atoms with van der Waals surface area (Å²) in [4.78, 5) is 10.9. The Kier molecular flexibility index (Phi) is 7.54. The summed E-state index contributed by atoms with van der Waals surface area (Å²) in [5, 5.41) is 0. The molecule has 0 saturated heterocycles. The smallest absolute Gasteiger partial charge is 0.155 e. The molecule has 3 nitrogen and oxygen atoms in total. The highest BCUT2D eigenvalue weighted by molar-refractivity contribution is 5.89. The number of hydrogen-bond donors (Lipinski definition) is 0. The average molecular weight is 186 g/mol. The van der Waals surface area contributed by atoms with E-state index in [2.05, 4.69) is 6.58 Å². The van der Waals surface area contributed by atoms with Crippen LogP contribution in [0.25, 0.3) is 0 Å². The van der Waals surface area contributed by atoms with Gasteiger partial charge in [0, 0.05) is 20.1 Å². The maximum atomic E-state index is 10.9. The van der Waals surface area contributed by atoms with Crippen molar-refractivity contribution < 1.29 is 14.3 Å². The first-order valence-corrected chi connectivity index (χ1v) is 4.42. The van der Waals surface area contributed by atoms with Crippen LogP contribution in [-0.4, -0.2) is 32.7 Å². The van der Waals surface area contributed by atoms with Crippen molar-refractivity contribution in [3.63, 3.8) is 0 Å². The fourth-order valence-corrected chi connectivity index (χ4v) is 0.912. The first-order chi connectivity index (χ1) is 6.20. The topological polar surface area (TPSA) is 35.5 Å². The summed E-state index contributed by atoms with van der Waals surface area (Å²) in [5.74, 6) is 0.324. The molecule has 0 fully saturated rings. The summed E-state index contributed by atoms with van der Waals surface area (Å²) in [6, 6.07) is 0. The lowest BCUT2D eigenvalue weighted by atomic mass is 10.1. The second-order valence-electron chi connectivity index (χ2n) is 3.05. The molecule has 0 spiro atoms. The molecular weight excluding hydrogens is 168 g/mol. The zero-order chi connectivity index (χ0) is 10.1. The number of hydrogen-bond acceptors (Lipinski definition) is 3. The SMILES string of the molecule is C=CC(=O)CC(C)COCCOC. The number of ketones is 1. The molecule has 0 aromatic heterocycles. The van der Waals surface area contributed by atoms with Gasteiger partial charge in [-0.2, -0.15) is 0 Å². The van der Waals surface area contributed by atoms with Crippen molar-refractivity contribution in [2.45, 2.75) is 13.3 Å². The Morgan fingerprint density at radius 2 is 2.23 bits per heavy atom. The fraction of sp³-hybridized carbons (Fsp3) is 0.700. The molecule has 0 heterocycles. The van der Waals surface area contributed by atoms with Gasteiger partial charge >= 0.3 is 0 Å². The van der Waals surface area contributed by atoms with Gasteiger partial charge in [-0.1, -0.05) is 13.5 Å². The number of methoxy groups -OCH3 is 1. The summed E-state index contributed by atoms with van der Waals surface area (Å²) in [6.45, 7) is 7.18. The third kappa shape index (κ3) is 7.68. The largest absolute Gasteiger partial charge is 0.382 e. The molecule has 0 rings (SSSR count). The molecule has 1 atom stereocenters. The van der Waals surface area contributed by atoms with Crippen LogP contribution in [-0.2, 0) is 14.3 Å². The number of carbonyl (C=O) groups is 1. The minimum Gasteiger partial charge on any atom is -0.382 e. The van der Waals surface area contributed by atoms with Crippen molar-refractivity contribution in [3.05, 3.63) is 12.7 Å². The highest BCUT2D eigenvalue weighted by Crippen LogP contribution is 2.03. The summed E-state index contributed by atoms with van der Waals surface area (Å²) in [6.07, 6.45) is 1.86. The lowest BCUT2D eigenvalue weighted by Crippen LogP contribution is -2.12. The van der Waals surface area contributed by atoms with Crippen LogP contribution in [0, 0.1) is 5.92 Å².